The van der Waals surface area contributed by atoms with Crippen molar-refractivity contribution in [1.29, 1.82) is 0 Å². The topological polar surface area (TPSA) is 61.8 Å². The highest BCUT2D eigenvalue weighted by atomic mass is 127. The Morgan fingerprint density at radius 1 is 1.03 bits per heavy atom. The molecule has 3 aliphatic rings. The fraction of sp³-hybridized carbons (Fsp3) is 0.481. The summed E-state index contributed by atoms with van der Waals surface area (Å²) >= 11 is 2.18. The van der Waals surface area contributed by atoms with Gasteiger partial charge in [0, 0.05) is 42.7 Å². The lowest BCUT2D eigenvalue weighted by Crippen LogP contribution is -2.37. The number of terminal acetylenes is 1. The van der Waals surface area contributed by atoms with Gasteiger partial charge in [-0.1, -0.05) is 33.6 Å². The van der Waals surface area contributed by atoms with Gasteiger partial charge in [-0.05, 0) is 51.1 Å². The van der Waals surface area contributed by atoms with Crippen LogP contribution in [0.5, 0.6) is 11.5 Å². The third kappa shape index (κ3) is 4.44. The van der Waals surface area contributed by atoms with Crippen LogP contribution in [-0.2, 0) is 14.3 Å². The van der Waals surface area contributed by atoms with Crippen LogP contribution >= 0.6 is 22.6 Å². The number of hydrogen-bond donors (Lipinski definition) is 0. The highest BCUT2D eigenvalue weighted by molar-refractivity contribution is 14.1. The fourth-order valence-electron chi connectivity index (χ4n) is 5.17. The molecule has 1 aliphatic heterocycles. The molecule has 0 saturated heterocycles. The van der Waals surface area contributed by atoms with E-state index in [0.29, 0.717) is 59.8 Å². The molecule has 0 radical (unpaired) electrons. The van der Waals surface area contributed by atoms with Gasteiger partial charge in [-0.2, -0.15) is 0 Å². The Kier molecular flexibility index (Phi) is 6.15. The number of benzene rings is 1. The molecular weight excluding hydrogens is 531 g/mol. The smallest absolute Gasteiger partial charge is 0.175 e. The van der Waals surface area contributed by atoms with Crippen LogP contribution in [0.1, 0.15) is 64.9 Å². The van der Waals surface area contributed by atoms with Gasteiger partial charge in [0.15, 0.2) is 23.1 Å². The molecule has 5 nitrogen and oxygen atoms in total. The highest BCUT2D eigenvalue weighted by Crippen LogP contribution is 2.54. The first-order chi connectivity index (χ1) is 15.5. The van der Waals surface area contributed by atoms with Crippen molar-refractivity contribution in [2.24, 2.45) is 10.8 Å². The molecule has 0 fully saturated rings. The summed E-state index contributed by atoms with van der Waals surface area (Å²) < 4.78 is 18.5. The molecule has 0 unspecified atom stereocenters. The number of ether oxygens (including phenoxy) is 3. The molecule has 0 atom stereocenters. The summed E-state index contributed by atoms with van der Waals surface area (Å²) in [7, 11) is 1.57. The van der Waals surface area contributed by atoms with E-state index in [1.54, 1.807) is 7.11 Å². The van der Waals surface area contributed by atoms with Crippen LogP contribution in [0.15, 0.2) is 34.8 Å². The first kappa shape index (κ1) is 23.9. The first-order valence-electron chi connectivity index (χ1n) is 11.1. The molecule has 1 heterocycles. The maximum atomic E-state index is 13.4. The van der Waals surface area contributed by atoms with Gasteiger partial charge in [0.2, 0.25) is 0 Å². The third-order valence-electron chi connectivity index (χ3n) is 6.47. The normalized spacial score (nSPS) is 21.7. The summed E-state index contributed by atoms with van der Waals surface area (Å²) in [4.78, 5) is 26.9. The number of methoxy groups -OCH3 is 1. The molecule has 0 spiro atoms. The fourth-order valence-corrected chi connectivity index (χ4v) is 5.95. The molecule has 0 N–H and O–H groups in total. The SMILES string of the molecule is C#CCOc1c(I)cc(C2C3=C(CC(C)(C)CC3=O)OC3=C2C(=O)CC(C)(C)C3)cc1OC. The van der Waals surface area contributed by atoms with E-state index in [-0.39, 0.29) is 29.0 Å². The van der Waals surface area contributed by atoms with Crippen LogP contribution in [-0.4, -0.2) is 25.3 Å². The van der Waals surface area contributed by atoms with E-state index in [1.165, 1.54) is 0 Å². The highest BCUT2D eigenvalue weighted by Gasteiger charge is 2.48. The molecule has 1 aromatic rings. The minimum atomic E-state index is -0.472. The number of allylic oxidation sites excluding steroid dienone is 4. The number of carbonyl (C=O) groups is 2. The third-order valence-corrected chi connectivity index (χ3v) is 7.27. The number of halogens is 1. The van der Waals surface area contributed by atoms with Gasteiger partial charge < -0.3 is 14.2 Å². The van der Waals surface area contributed by atoms with E-state index in [4.69, 9.17) is 20.6 Å². The number of Topliss-reactive ketones (excluding diaryl/α,β-unsaturated/α-hetero) is 2. The van der Waals surface area contributed by atoms with Crippen molar-refractivity contribution in [3.63, 3.8) is 0 Å². The maximum Gasteiger partial charge on any atom is 0.175 e. The van der Waals surface area contributed by atoms with Crippen molar-refractivity contribution < 1.29 is 23.8 Å². The molecule has 1 aromatic carbocycles. The predicted octanol–water partition coefficient (Wildman–Crippen LogP) is 5.71. The van der Waals surface area contributed by atoms with Crippen LogP contribution in [0.4, 0.5) is 0 Å². The molecule has 4 rings (SSSR count). The molecule has 2 aliphatic carbocycles. The van der Waals surface area contributed by atoms with E-state index in [2.05, 4.69) is 56.2 Å². The Morgan fingerprint density at radius 2 is 1.58 bits per heavy atom. The van der Waals surface area contributed by atoms with Crippen molar-refractivity contribution in [3.05, 3.63) is 43.9 Å². The lowest BCUT2D eigenvalue weighted by atomic mass is 9.65. The van der Waals surface area contributed by atoms with Crippen molar-refractivity contribution in [3.8, 4) is 23.8 Å². The Balaban J connectivity index is 1.92. The summed E-state index contributed by atoms with van der Waals surface area (Å²) in [5.74, 6) is 4.56. The number of rotatable bonds is 4. The standard InChI is InChI=1S/C27H29IO5/c1-7-8-32-25-16(28)9-15(10-19(25)31-6)22-23-17(29)11-26(2,3)13-20(23)33-21-14-27(4,5)12-18(30)24(21)22/h1,9-10,22H,8,11-14H2,2-6H3. The Labute approximate surface area is 209 Å². The van der Waals surface area contributed by atoms with E-state index in [0.717, 1.165) is 9.13 Å². The monoisotopic (exact) mass is 560 g/mol. The lowest BCUT2D eigenvalue weighted by molar-refractivity contribution is -0.120. The molecule has 0 aromatic heterocycles. The lowest BCUT2D eigenvalue weighted by Gasteiger charge is -2.42. The molecule has 0 saturated carbocycles. The number of hydrogen-bond acceptors (Lipinski definition) is 5. The minimum absolute atomic E-state index is 0.0390. The van der Waals surface area contributed by atoms with Crippen LogP contribution in [0.3, 0.4) is 0 Å². The Bertz CT molecular complexity index is 1090. The van der Waals surface area contributed by atoms with Crippen molar-refractivity contribution in [2.45, 2.75) is 59.3 Å². The maximum absolute atomic E-state index is 13.4. The molecule has 0 bridgehead atoms. The molecule has 33 heavy (non-hydrogen) atoms. The van der Waals surface area contributed by atoms with Gasteiger partial charge in [0.1, 0.15) is 18.1 Å². The average Bonchev–Trinajstić information content (AvgIpc) is 2.68. The van der Waals surface area contributed by atoms with Crippen molar-refractivity contribution >= 4 is 34.2 Å². The molecule has 0 amide bonds. The number of ketones is 2. The molecule has 6 heteroatoms. The van der Waals surface area contributed by atoms with Gasteiger partial charge in [0.25, 0.3) is 0 Å². The zero-order valence-electron chi connectivity index (χ0n) is 19.8. The van der Waals surface area contributed by atoms with E-state index in [1.807, 2.05) is 12.1 Å². The van der Waals surface area contributed by atoms with Crippen LogP contribution in [0.2, 0.25) is 0 Å². The second kappa shape index (κ2) is 8.50. The molecular formula is C27H29IO5. The quantitative estimate of drug-likeness (QED) is 0.349. The summed E-state index contributed by atoms with van der Waals surface area (Å²) in [6.07, 6.45) is 7.53. The van der Waals surface area contributed by atoms with Gasteiger partial charge in [-0.3, -0.25) is 9.59 Å². The van der Waals surface area contributed by atoms with Gasteiger partial charge in [-0.15, -0.1) is 6.42 Å². The largest absolute Gasteiger partial charge is 0.493 e. The Hall–Kier alpha value is -2.27. The zero-order valence-corrected chi connectivity index (χ0v) is 21.9. The summed E-state index contributed by atoms with van der Waals surface area (Å²) in [6, 6.07) is 3.82. The van der Waals surface area contributed by atoms with Crippen LogP contribution < -0.4 is 9.47 Å². The summed E-state index contributed by atoms with van der Waals surface area (Å²) in [5, 5.41) is 0. The van der Waals surface area contributed by atoms with Gasteiger partial charge in [0.05, 0.1) is 10.7 Å². The van der Waals surface area contributed by atoms with Crippen molar-refractivity contribution in [2.75, 3.05) is 13.7 Å². The molecule has 174 valence electrons. The van der Waals surface area contributed by atoms with Gasteiger partial charge in [-0.25, -0.2) is 0 Å². The summed E-state index contributed by atoms with van der Waals surface area (Å²) in [5.41, 5.74) is 1.67. The van der Waals surface area contributed by atoms with Crippen molar-refractivity contribution in [1.82, 2.24) is 0 Å². The van der Waals surface area contributed by atoms with Gasteiger partial charge >= 0.3 is 0 Å². The van der Waals surface area contributed by atoms with Crippen LogP contribution in [0, 0.1) is 26.7 Å². The predicted molar refractivity (Wildman–Crippen MR) is 134 cm³/mol. The second-order valence-corrected chi connectivity index (χ2v) is 11.8. The Morgan fingerprint density at radius 3 is 2.06 bits per heavy atom. The van der Waals surface area contributed by atoms with E-state index in [9.17, 15) is 9.59 Å². The second-order valence-electron chi connectivity index (χ2n) is 10.6. The first-order valence-corrected chi connectivity index (χ1v) is 12.2. The summed E-state index contributed by atoms with van der Waals surface area (Å²) in [6.45, 7) is 8.44. The number of carbonyl (C=O) groups excluding carboxylic acids is 2. The van der Waals surface area contributed by atoms with E-state index < -0.39 is 5.92 Å². The zero-order chi connectivity index (χ0) is 24.1. The van der Waals surface area contributed by atoms with Crippen LogP contribution in [0.25, 0.3) is 0 Å². The van der Waals surface area contributed by atoms with E-state index >= 15 is 0 Å². The minimum Gasteiger partial charge on any atom is -0.493 e. The average molecular weight is 560 g/mol.